The molecule has 0 spiro atoms. The first-order chi connectivity index (χ1) is 10.5. The second-order valence-electron chi connectivity index (χ2n) is 5.00. The first-order valence-corrected chi connectivity index (χ1v) is 8.38. The van der Waals surface area contributed by atoms with Crippen molar-refractivity contribution in [3.8, 4) is 5.75 Å². The molecular formula is C17H14O4S. The summed E-state index contributed by atoms with van der Waals surface area (Å²) in [6.45, 7) is 0. The van der Waals surface area contributed by atoms with Crippen LogP contribution in [-0.4, -0.2) is 27.1 Å². The van der Waals surface area contributed by atoms with Gasteiger partial charge in [0.1, 0.15) is 5.75 Å². The molecule has 0 radical (unpaired) electrons. The van der Waals surface area contributed by atoms with Crippen molar-refractivity contribution in [2.75, 3.05) is 12.9 Å². The number of carbonyl (C=O) groups is 1. The molecule has 0 aliphatic carbocycles. The molecule has 112 valence electrons. The van der Waals surface area contributed by atoms with Gasteiger partial charge < -0.3 is 4.74 Å². The highest BCUT2D eigenvalue weighted by Crippen LogP contribution is 2.30. The molecule has 1 aliphatic heterocycles. The summed E-state index contributed by atoms with van der Waals surface area (Å²) in [5, 5.41) is 0. The first-order valence-electron chi connectivity index (χ1n) is 6.73. The Balaban J connectivity index is 2.15. The van der Waals surface area contributed by atoms with Gasteiger partial charge in [0.25, 0.3) is 0 Å². The summed E-state index contributed by atoms with van der Waals surface area (Å²) in [6, 6.07) is 13.5. The van der Waals surface area contributed by atoms with Crippen molar-refractivity contribution >= 4 is 21.7 Å². The Morgan fingerprint density at radius 2 is 1.73 bits per heavy atom. The van der Waals surface area contributed by atoms with E-state index in [2.05, 4.69) is 0 Å². The quantitative estimate of drug-likeness (QED) is 0.800. The minimum Gasteiger partial charge on any atom is -0.496 e. The van der Waals surface area contributed by atoms with Crippen LogP contribution in [0, 0.1) is 0 Å². The summed E-state index contributed by atoms with van der Waals surface area (Å²) in [6.07, 6.45) is 1.59. The highest BCUT2D eigenvalue weighted by atomic mass is 32.2. The normalized spacial score (nSPS) is 18.0. The lowest BCUT2D eigenvalue weighted by Gasteiger charge is -2.18. The van der Waals surface area contributed by atoms with Gasteiger partial charge in [-0.15, -0.1) is 0 Å². The van der Waals surface area contributed by atoms with Gasteiger partial charge in [0, 0.05) is 16.7 Å². The van der Waals surface area contributed by atoms with Gasteiger partial charge in [0.15, 0.2) is 15.6 Å². The van der Waals surface area contributed by atoms with E-state index in [1.165, 1.54) is 13.2 Å². The average molecular weight is 314 g/mol. The van der Waals surface area contributed by atoms with E-state index < -0.39 is 9.84 Å². The van der Waals surface area contributed by atoms with Gasteiger partial charge in [-0.2, -0.15) is 0 Å². The van der Waals surface area contributed by atoms with Gasteiger partial charge in [-0.3, -0.25) is 4.79 Å². The van der Waals surface area contributed by atoms with Gasteiger partial charge in [-0.25, -0.2) is 8.42 Å². The molecule has 22 heavy (non-hydrogen) atoms. The number of rotatable bonds is 2. The van der Waals surface area contributed by atoms with Crippen LogP contribution in [0.25, 0.3) is 6.08 Å². The molecule has 0 bridgehead atoms. The number of para-hydroxylation sites is 1. The Morgan fingerprint density at radius 3 is 2.50 bits per heavy atom. The highest BCUT2D eigenvalue weighted by molar-refractivity contribution is 7.91. The van der Waals surface area contributed by atoms with E-state index >= 15 is 0 Å². The Kier molecular flexibility index (Phi) is 3.58. The van der Waals surface area contributed by atoms with Crippen LogP contribution >= 0.6 is 0 Å². The third-order valence-electron chi connectivity index (χ3n) is 3.57. The fourth-order valence-corrected chi connectivity index (χ4v) is 4.09. The Hall–Kier alpha value is -2.40. The molecule has 4 nitrogen and oxygen atoms in total. The molecule has 1 aliphatic rings. The van der Waals surface area contributed by atoms with E-state index in [9.17, 15) is 13.2 Å². The van der Waals surface area contributed by atoms with Gasteiger partial charge in [-0.1, -0.05) is 30.3 Å². The van der Waals surface area contributed by atoms with Crippen LogP contribution in [0.15, 0.2) is 59.0 Å². The minimum absolute atomic E-state index is 0.108. The van der Waals surface area contributed by atoms with Crippen LogP contribution in [0.2, 0.25) is 0 Å². The summed E-state index contributed by atoms with van der Waals surface area (Å²) in [5.41, 5.74) is 1.17. The smallest absolute Gasteiger partial charge is 0.191 e. The maximum Gasteiger partial charge on any atom is 0.191 e. The topological polar surface area (TPSA) is 60.4 Å². The maximum absolute atomic E-state index is 12.5. The molecule has 0 saturated carbocycles. The molecule has 0 fully saturated rings. The lowest BCUT2D eigenvalue weighted by molar-refractivity contribution is 0.103. The maximum atomic E-state index is 12.5. The van der Waals surface area contributed by atoms with E-state index in [1.807, 2.05) is 12.1 Å². The summed E-state index contributed by atoms with van der Waals surface area (Å²) in [5.74, 6) is 0.0522. The molecular weight excluding hydrogens is 300 g/mol. The van der Waals surface area contributed by atoms with Crippen LogP contribution in [0.4, 0.5) is 0 Å². The van der Waals surface area contributed by atoms with Gasteiger partial charge in [0.2, 0.25) is 0 Å². The third kappa shape index (κ3) is 2.44. The monoisotopic (exact) mass is 314 g/mol. The molecule has 0 aromatic heterocycles. The molecule has 2 aromatic rings. The van der Waals surface area contributed by atoms with Crippen molar-refractivity contribution in [3.05, 3.63) is 65.2 Å². The zero-order valence-electron chi connectivity index (χ0n) is 11.9. The number of ketones is 1. The molecule has 2 aromatic carbocycles. The largest absolute Gasteiger partial charge is 0.496 e. The van der Waals surface area contributed by atoms with Crippen LogP contribution in [-0.2, 0) is 9.84 Å². The van der Waals surface area contributed by atoms with E-state index in [0.29, 0.717) is 11.3 Å². The minimum atomic E-state index is -3.49. The molecule has 0 amide bonds. The number of methoxy groups -OCH3 is 1. The van der Waals surface area contributed by atoms with E-state index in [-0.39, 0.29) is 27.6 Å². The number of hydrogen-bond acceptors (Lipinski definition) is 4. The summed E-state index contributed by atoms with van der Waals surface area (Å²) >= 11 is 0. The molecule has 0 atom stereocenters. The predicted octanol–water partition coefficient (Wildman–Crippen LogP) is 2.75. The van der Waals surface area contributed by atoms with Crippen molar-refractivity contribution in [2.24, 2.45) is 0 Å². The standard InChI is InChI=1S/C17H14O4S/c1-21-15-8-4-2-6-12(15)10-13-11-22(19,20)16-9-5-3-7-14(16)17(13)18/h2-10H,11H2,1H3/b13-10+. The summed E-state index contributed by atoms with van der Waals surface area (Å²) in [4.78, 5) is 12.6. The SMILES string of the molecule is COc1ccccc1/C=C1\CS(=O)(=O)c2ccccc2C1=O. The molecule has 5 heteroatoms. The van der Waals surface area contributed by atoms with Crippen LogP contribution in [0.1, 0.15) is 15.9 Å². The number of fused-ring (bicyclic) bond motifs is 1. The van der Waals surface area contributed by atoms with Gasteiger partial charge in [0.05, 0.1) is 17.8 Å². The second kappa shape index (κ2) is 5.42. The lowest BCUT2D eigenvalue weighted by Crippen LogP contribution is -2.24. The van der Waals surface area contributed by atoms with Crippen molar-refractivity contribution in [2.45, 2.75) is 4.90 Å². The first kappa shape index (κ1) is 14.5. The number of ether oxygens (including phenoxy) is 1. The van der Waals surface area contributed by atoms with Crippen molar-refractivity contribution in [3.63, 3.8) is 0 Å². The summed E-state index contributed by atoms with van der Waals surface area (Å²) < 4.78 is 29.9. The lowest BCUT2D eigenvalue weighted by atomic mass is 10.0. The van der Waals surface area contributed by atoms with Crippen molar-refractivity contribution in [1.82, 2.24) is 0 Å². The van der Waals surface area contributed by atoms with E-state index in [0.717, 1.165) is 0 Å². The van der Waals surface area contributed by atoms with Crippen LogP contribution in [0.5, 0.6) is 5.75 Å². The Labute approximate surface area is 129 Å². The molecule has 3 rings (SSSR count). The fourth-order valence-electron chi connectivity index (χ4n) is 2.53. The predicted molar refractivity (Wildman–Crippen MR) is 83.8 cm³/mol. The highest BCUT2D eigenvalue weighted by Gasteiger charge is 2.32. The Morgan fingerprint density at radius 1 is 1.05 bits per heavy atom. The third-order valence-corrected chi connectivity index (χ3v) is 5.29. The van der Waals surface area contributed by atoms with Gasteiger partial charge in [-0.05, 0) is 24.3 Å². The molecule has 0 saturated heterocycles. The number of hydrogen-bond donors (Lipinski definition) is 0. The van der Waals surface area contributed by atoms with Crippen LogP contribution in [0.3, 0.4) is 0 Å². The number of Topliss-reactive ketones (excluding diaryl/α,β-unsaturated/α-hetero) is 1. The Bertz CT molecular complexity index is 879. The molecule has 0 N–H and O–H groups in total. The van der Waals surface area contributed by atoms with E-state index in [4.69, 9.17) is 4.74 Å². The number of sulfone groups is 1. The van der Waals surface area contributed by atoms with Crippen LogP contribution < -0.4 is 4.74 Å². The summed E-state index contributed by atoms with van der Waals surface area (Å²) in [7, 11) is -1.96. The molecule has 1 heterocycles. The number of carbonyl (C=O) groups excluding carboxylic acids is 1. The van der Waals surface area contributed by atoms with Crippen molar-refractivity contribution < 1.29 is 17.9 Å². The molecule has 0 unspecified atom stereocenters. The average Bonchev–Trinajstić information content (AvgIpc) is 2.53. The number of benzene rings is 2. The van der Waals surface area contributed by atoms with Crippen molar-refractivity contribution in [1.29, 1.82) is 0 Å². The zero-order valence-corrected chi connectivity index (χ0v) is 12.8. The van der Waals surface area contributed by atoms with Gasteiger partial charge >= 0.3 is 0 Å². The van der Waals surface area contributed by atoms with E-state index in [1.54, 1.807) is 36.4 Å². The zero-order chi connectivity index (χ0) is 15.7. The fraction of sp³-hybridized carbons (Fsp3) is 0.118. The second-order valence-corrected chi connectivity index (χ2v) is 6.95.